The number of rotatable bonds is 1. The highest BCUT2D eigenvalue weighted by Gasteiger charge is 2.47. The highest BCUT2D eigenvalue weighted by atomic mass is 16.5. The first-order valence-electron chi connectivity index (χ1n) is 7.68. The van der Waals surface area contributed by atoms with Gasteiger partial charge >= 0.3 is 0 Å². The van der Waals surface area contributed by atoms with Crippen molar-refractivity contribution < 1.29 is 9.47 Å². The van der Waals surface area contributed by atoms with E-state index in [1.807, 2.05) is 18.2 Å². The van der Waals surface area contributed by atoms with Gasteiger partial charge in [0.25, 0.3) is 0 Å². The summed E-state index contributed by atoms with van der Waals surface area (Å²) in [5, 5.41) is 0. The molecule has 0 radical (unpaired) electrons. The number of fused-ring (bicyclic) bond motifs is 1. The zero-order chi connectivity index (χ0) is 14.3. The van der Waals surface area contributed by atoms with Crippen LogP contribution in [0.1, 0.15) is 51.1 Å². The van der Waals surface area contributed by atoms with Gasteiger partial charge in [0.1, 0.15) is 17.1 Å². The van der Waals surface area contributed by atoms with Crippen molar-refractivity contribution in [2.24, 2.45) is 17.6 Å². The monoisotopic (exact) mass is 275 g/mol. The molecule has 0 bridgehead atoms. The van der Waals surface area contributed by atoms with Crippen LogP contribution in [-0.4, -0.2) is 12.7 Å². The average Bonchev–Trinajstić information content (AvgIpc) is 2.44. The summed E-state index contributed by atoms with van der Waals surface area (Å²) in [6.45, 7) is 4.66. The molecule has 1 fully saturated rings. The van der Waals surface area contributed by atoms with Crippen molar-refractivity contribution >= 4 is 0 Å². The molecule has 3 heteroatoms. The van der Waals surface area contributed by atoms with Gasteiger partial charge in [-0.3, -0.25) is 0 Å². The maximum atomic E-state index is 6.48. The summed E-state index contributed by atoms with van der Waals surface area (Å²) < 4.78 is 11.8. The van der Waals surface area contributed by atoms with Crippen LogP contribution in [0.4, 0.5) is 0 Å². The summed E-state index contributed by atoms with van der Waals surface area (Å²) in [5.74, 6) is 3.06. The molecule has 1 aromatic carbocycles. The van der Waals surface area contributed by atoms with Crippen molar-refractivity contribution in [3.63, 3.8) is 0 Å². The predicted molar refractivity (Wildman–Crippen MR) is 80.1 cm³/mol. The topological polar surface area (TPSA) is 44.5 Å². The van der Waals surface area contributed by atoms with Gasteiger partial charge in [-0.05, 0) is 42.9 Å². The molecule has 20 heavy (non-hydrogen) atoms. The van der Waals surface area contributed by atoms with Crippen LogP contribution in [0.2, 0.25) is 0 Å². The minimum absolute atomic E-state index is 0.0431. The van der Waals surface area contributed by atoms with E-state index >= 15 is 0 Å². The first kappa shape index (κ1) is 13.7. The second-order valence-electron chi connectivity index (χ2n) is 6.54. The molecular weight excluding hydrogens is 250 g/mol. The molecule has 4 atom stereocenters. The summed E-state index contributed by atoms with van der Waals surface area (Å²) in [7, 11) is 1.68. The van der Waals surface area contributed by atoms with Crippen molar-refractivity contribution in [3.05, 3.63) is 23.8 Å². The minimum atomic E-state index is -0.0708. The molecule has 110 valence electrons. The van der Waals surface area contributed by atoms with Crippen LogP contribution in [0.25, 0.3) is 0 Å². The largest absolute Gasteiger partial charge is 0.497 e. The highest BCUT2D eigenvalue weighted by molar-refractivity contribution is 5.44. The Hall–Kier alpha value is -1.22. The second kappa shape index (κ2) is 4.96. The maximum absolute atomic E-state index is 6.48. The Morgan fingerprint density at radius 3 is 2.90 bits per heavy atom. The van der Waals surface area contributed by atoms with Gasteiger partial charge in [-0.1, -0.05) is 20.3 Å². The van der Waals surface area contributed by atoms with Gasteiger partial charge in [0, 0.05) is 18.0 Å². The highest BCUT2D eigenvalue weighted by Crippen LogP contribution is 2.50. The third kappa shape index (κ3) is 2.08. The molecule has 0 saturated heterocycles. The van der Waals surface area contributed by atoms with Crippen LogP contribution in [0.3, 0.4) is 0 Å². The van der Waals surface area contributed by atoms with Crippen molar-refractivity contribution in [1.29, 1.82) is 0 Å². The number of hydrogen-bond donors (Lipinski definition) is 1. The van der Waals surface area contributed by atoms with E-state index in [0.29, 0.717) is 11.8 Å². The number of benzene rings is 1. The molecule has 0 aromatic heterocycles. The molecule has 1 heterocycles. The van der Waals surface area contributed by atoms with Gasteiger partial charge < -0.3 is 15.2 Å². The minimum Gasteiger partial charge on any atom is -0.497 e. The van der Waals surface area contributed by atoms with Crippen LogP contribution < -0.4 is 15.2 Å². The first-order chi connectivity index (χ1) is 9.55. The predicted octanol–water partition coefficient (Wildman–Crippen LogP) is 3.67. The molecule has 2 aliphatic rings. The average molecular weight is 275 g/mol. The fourth-order valence-corrected chi connectivity index (χ4v) is 3.93. The van der Waals surface area contributed by atoms with E-state index in [2.05, 4.69) is 13.8 Å². The number of methoxy groups -OCH3 is 1. The molecule has 0 amide bonds. The van der Waals surface area contributed by atoms with Gasteiger partial charge in [-0.15, -0.1) is 0 Å². The molecule has 1 aromatic rings. The summed E-state index contributed by atoms with van der Waals surface area (Å²) in [4.78, 5) is 0. The van der Waals surface area contributed by atoms with E-state index in [4.69, 9.17) is 15.2 Å². The smallest absolute Gasteiger partial charge is 0.125 e. The lowest BCUT2D eigenvalue weighted by Crippen LogP contribution is -2.51. The quantitative estimate of drug-likeness (QED) is 0.850. The first-order valence-corrected chi connectivity index (χ1v) is 7.68. The lowest BCUT2D eigenvalue weighted by Gasteiger charge is -2.49. The van der Waals surface area contributed by atoms with Gasteiger partial charge in [0.2, 0.25) is 0 Å². The SMILES string of the molecule is COc1ccc2c(c1)[C@@H](N)CC1(CCCC(C)C1C)O2. The lowest BCUT2D eigenvalue weighted by atomic mass is 9.66. The van der Waals surface area contributed by atoms with Crippen LogP contribution in [0.5, 0.6) is 11.5 Å². The third-order valence-corrected chi connectivity index (χ3v) is 5.44. The van der Waals surface area contributed by atoms with Crippen LogP contribution >= 0.6 is 0 Å². The zero-order valence-electron chi connectivity index (χ0n) is 12.7. The van der Waals surface area contributed by atoms with Crippen molar-refractivity contribution in [2.45, 2.75) is 51.2 Å². The van der Waals surface area contributed by atoms with E-state index in [1.165, 1.54) is 12.8 Å². The molecule has 1 aliphatic carbocycles. The lowest BCUT2D eigenvalue weighted by molar-refractivity contribution is -0.0614. The van der Waals surface area contributed by atoms with Gasteiger partial charge in [-0.25, -0.2) is 0 Å². The fourth-order valence-electron chi connectivity index (χ4n) is 3.93. The maximum Gasteiger partial charge on any atom is 0.125 e. The van der Waals surface area contributed by atoms with E-state index in [1.54, 1.807) is 7.11 Å². The summed E-state index contributed by atoms with van der Waals surface area (Å²) in [6, 6.07) is 6.04. The number of ether oxygens (including phenoxy) is 2. The van der Waals surface area contributed by atoms with E-state index in [0.717, 1.165) is 29.9 Å². The Labute approximate surface area is 121 Å². The molecule has 3 rings (SSSR count). The van der Waals surface area contributed by atoms with E-state index in [9.17, 15) is 0 Å². The standard InChI is InChI=1S/C17H25NO2/c1-11-5-4-8-17(12(11)2)10-15(18)14-9-13(19-3)6-7-16(14)20-17/h6-7,9,11-12,15H,4-5,8,10,18H2,1-3H3/t11?,12?,15-,17?/m0/s1. The fraction of sp³-hybridized carbons (Fsp3) is 0.647. The van der Waals surface area contributed by atoms with Gasteiger partial charge in [0.15, 0.2) is 0 Å². The van der Waals surface area contributed by atoms with E-state index < -0.39 is 0 Å². The molecule has 3 nitrogen and oxygen atoms in total. The van der Waals surface area contributed by atoms with Crippen molar-refractivity contribution in [3.8, 4) is 11.5 Å². The summed E-state index contributed by atoms with van der Waals surface area (Å²) in [6.07, 6.45) is 4.58. The Bertz CT molecular complexity index is 502. The molecule has 1 saturated carbocycles. The Morgan fingerprint density at radius 1 is 1.35 bits per heavy atom. The van der Waals surface area contributed by atoms with Gasteiger partial charge in [-0.2, -0.15) is 0 Å². The molecule has 1 spiro atoms. The number of hydrogen-bond acceptors (Lipinski definition) is 3. The van der Waals surface area contributed by atoms with Crippen LogP contribution in [-0.2, 0) is 0 Å². The summed E-state index contributed by atoms with van der Waals surface area (Å²) >= 11 is 0. The Kier molecular flexibility index (Phi) is 3.41. The van der Waals surface area contributed by atoms with Crippen LogP contribution in [0.15, 0.2) is 18.2 Å². The second-order valence-corrected chi connectivity index (χ2v) is 6.54. The van der Waals surface area contributed by atoms with Crippen molar-refractivity contribution in [2.75, 3.05) is 7.11 Å². The Balaban J connectivity index is 1.96. The Morgan fingerprint density at radius 2 is 2.15 bits per heavy atom. The third-order valence-electron chi connectivity index (χ3n) is 5.44. The molecule has 3 unspecified atom stereocenters. The summed E-state index contributed by atoms with van der Waals surface area (Å²) in [5.41, 5.74) is 7.46. The molecular formula is C17H25NO2. The normalized spacial score (nSPS) is 36.3. The zero-order valence-corrected chi connectivity index (χ0v) is 12.7. The van der Waals surface area contributed by atoms with E-state index in [-0.39, 0.29) is 11.6 Å². The number of nitrogens with two attached hydrogens (primary N) is 1. The van der Waals surface area contributed by atoms with Gasteiger partial charge in [0.05, 0.1) is 7.11 Å². The molecule has 1 aliphatic heterocycles. The van der Waals surface area contributed by atoms with Crippen LogP contribution in [0, 0.1) is 11.8 Å². The molecule has 2 N–H and O–H groups in total. The van der Waals surface area contributed by atoms with Crippen molar-refractivity contribution in [1.82, 2.24) is 0 Å².